The van der Waals surface area contributed by atoms with E-state index in [1.807, 2.05) is 0 Å². The minimum Gasteiger partial charge on any atom is -0.377 e. The van der Waals surface area contributed by atoms with Gasteiger partial charge < -0.3 is 17.6 Å². The zero-order valence-electron chi connectivity index (χ0n) is 13.6. The Morgan fingerprint density at radius 1 is 0.818 bits per heavy atom. The molecule has 0 aromatic carbocycles. The van der Waals surface area contributed by atoms with E-state index in [2.05, 4.69) is 24.1 Å². The average Bonchev–Trinajstić information content (AvgIpc) is 2.11. The first kappa shape index (κ1) is 30.0. The number of hydrogen-bond acceptors (Lipinski definition) is 3. The third kappa shape index (κ3) is 32.1. The summed E-state index contributed by atoms with van der Waals surface area (Å²) in [6.07, 6.45) is -15.5. The van der Waals surface area contributed by atoms with Gasteiger partial charge >= 0.3 is 62.9 Å². The van der Waals surface area contributed by atoms with Crippen LogP contribution in [0.25, 0.3) is 0 Å². The maximum Gasteiger partial charge on any atom is 0.423 e. The molecule has 0 radical (unpaired) electrons. The van der Waals surface area contributed by atoms with Gasteiger partial charge in [0.1, 0.15) is 0 Å². The molecule has 0 aromatic heterocycles. The first-order valence-electron chi connectivity index (χ1n) is 5.62. The quantitative estimate of drug-likeness (QED) is 0.350. The summed E-state index contributed by atoms with van der Waals surface area (Å²) in [6.45, 7) is 11.5. The van der Waals surface area contributed by atoms with E-state index in [1.165, 1.54) is 20.9 Å². The predicted octanol–water partition coefficient (Wildman–Crippen LogP) is 4.21. The molecule has 0 spiro atoms. The van der Waals surface area contributed by atoms with E-state index in [4.69, 9.17) is 10.2 Å². The second-order valence-corrected chi connectivity index (χ2v) is 6.42. The predicted molar refractivity (Wildman–Crippen MR) is 68.7 cm³/mol. The molecule has 137 valence electrons. The fourth-order valence-electron chi connectivity index (χ4n) is 0.186. The van der Waals surface area contributed by atoms with Gasteiger partial charge in [0.15, 0.2) is 0 Å². The Kier molecular flexibility index (Phi) is 14.6. The van der Waals surface area contributed by atoms with Crippen molar-refractivity contribution in [2.45, 2.75) is 71.1 Å². The van der Waals surface area contributed by atoms with Crippen molar-refractivity contribution in [1.82, 2.24) is 0 Å². The maximum absolute atomic E-state index is 11.0. The van der Waals surface area contributed by atoms with Gasteiger partial charge in [0, 0.05) is 0 Å². The smallest absolute Gasteiger partial charge is 0.377 e. The Morgan fingerprint density at radius 3 is 0.955 bits per heavy atom. The largest absolute Gasteiger partial charge is 0.423 e. The standard InChI is InChI=1S/C4H9N.C4H10O.C3H2F6O.CH3.Nb/c2*1-4(2,3)5;4-2(5,6)1(10)3(7,8)9;;/h1-3H3;5H,1-3H3;1,10H;1H3;/q;;;-1;. The van der Waals surface area contributed by atoms with Crippen molar-refractivity contribution in [2.75, 3.05) is 0 Å². The molecule has 2 N–H and O–H groups in total. The summed E-state index contributed by atoms with van der Waals surface area (Å²) in [5.74, 6) is 0. The summed E-state index contributed by atoms with van der Waals surface area (Å²) in [5, 5.41) is 16.0. The number of aliphatic hydroxyl groups excluding tert-OH is 1. The van der Waals surface area contributed by atoms with Gasteiger partial charge in [0.2, 0.25) is 6.10 Å². The van der Waals surface area contributed by atoms with E-state index < -0.39 is 24.1 Å². The summed E-state index contributed by atoms with van der Waals surface area (Å²) in [4.78, 5) is 0. The van der Waals surface area contributed by atoms with Crippen LogP contribution < -0.4 is 0 Å². The van der Waals surface area contributed by atoms with Crippen LogP contribution in [0.2, 0.25) is 0 Å². The van der Waals surface area contributed by atoms with Crippen molar-refractivity contribution < 1.29 is 57.4 Å². The van der Waals surface area contributed by atoms with E-state index in [-0.39, 0.29) is 13.0 Å². The summed E-state index contributed by atoms with van der Waals surface area (Å²) in [7, 11) is 0. The van der Waals surface area contributed by atoms with Crippen LogP contribution in [-0.2, 0) is 20.9 Å². The van der Waals surface area contributed by atoms with E-state index in [0.717, 1.165) is 0 Å². The molecule has 22 heavy (non-hydrogen) atoms. The van der Waals surface area contributed by atoms with Crippen molar-refractivity contribution in [3.05, 3.63) is 7.43 Å². The van der Waals surface area contributed by atoms with E-state index in [1.54, 1.807) is 20.8 Å². The molecule has 0 aliphatic carbocycles. The molecule has 0 fully saturated rings. The molecule has 0 unspecified atom stereocenters. The molecule has 0 saturated heterocycles. The minimum absolute atomic E-state index is 0. The molecule has 0 aromatic rings. The van der Waals surface area contributed by atoms with Gasteiger partial charge in [0.25, 0.3) is 0 Å². The van der Waals surface area contributed by atoms with Gasteiger partial charge in [0.05, 0.1) is 5.60 Å². The average molecular weight is 421 g/mol. The van der Waals surface area contributed by atoms with Crippen molar-refractivity contribution >= 4 is 0 Å². The first-order valence-corrected chi connectivity index (χ1v) is 6.60. The third-order valence-corrected chi connectivity index (χ3v) is 2.39. The molecule has 10 heteroatoms. The van der Waals surface area contributed by atoms with Crippen LogP contribution in [0.5, 0.6) is 0 Å². The SMILES string of the molecule is CC(C)(C)O.CC(C)(C)[N]=[Nb].OC(C(F)(F)F)C(F)(F)F.[CH3-]. The van der Waals surface area contributed by atoms with Crippen molar-refractivity contribution in [3.8, 4) is 0 Å². The second kappa shape index (κ2) is 10.7. The minimum atomic E-state index is -5.63. The topological polar surface area (TPSA) is 52.8 Å². The van der Waals surface area contributed by atoms with Crippen LogP contribution in [0.1, 0.15) is 41.5 Å². The summed E-state index contributed by atoms with van der Waals surface area (Å²) >= 11 is 1.52. The van der Waals surface area contributed by atoms with Gasteiger partial charge in [-0.05, 0) is 20.8 Å². The Labute approximate surface area is 139 Å². The van der Waals surface area contributed by atoms with Gasteiger partial charge in [-0.3, -0.25) is 0 Å². The number of nitrogens with zero attached hydrogens (tertiary/aromatic N) is 1. The Hall–Kier alpha value is 0.0403. The molecule has 0 aliphatic rings. The Balaban J connectivity index is -0.000000117. The van der Waals surface area contributed by atoms with Crippen LogP contribution in [0.3, 0.4) is 0 Å². The molecule has 0 bridgehead atoms. The third-order valence-electron chi connectivity index (χ3n) is 0.920. The van der Waals surface area contributed by atoms with Crippen LogP contribution in [-0.4, -0.2) is 39.8 Å². The van der Waals surface area contributed by atoms with Gasteiger partial charge in [-0.15, -0.1) is 0 Å². The number of hydrogen-bond donors (Lipinski definition) is 2. The molecule has 0 aliphatic heterocycles. The molecular formula is C12H24F6NNbO2-. The van der Waals surface area contributed by atoms with Gasteiger partial charge in [-0.25, -0.2) is 0 Å². The molecule has 3 nitrogen and oxygen atoms in total. The molecule has 0 atom stereocenters. The Morgan fingerprint density at radius 2 is 0.955 bits per heavy atom. The van der Waals surface area contributed by atoms with E-state index >= 15 is 0 Å². The van der Waals surface area contributed by atoms with Crippen LogP contribution in [0.15, 0.2) is 3.34 Å². The number of halogens is 6. The number of rotatable bonds is 0. The van der Waals surface area contributed by atoms with E-state index in [9.17, 15) is 26.3 Å². The fraction of sp³-hybridized carbons (Fsp3) is 0.917. The molecule has 0 amide bonds. The second-order valence-electron chi connectivity index (χ2n) is 5.93. The molecule has 0 rings (SSSR count). The number of aliphatic hydroxyl groups is 2. The zero-order valence-corrected chi connectivity index (χ0v) is 15.8. The first-order chi connectivity index (χ1) is 8.72. The molecular weight excluding hydrogens is 397 g/mol. The fourth-order valence-corrected chi connectivity index (χ4v) is 0.186. The van der Waals surface area contributed by atoms with Gasteiger partial charge in [-0.1, -0.05) is 0 Å². The zero-order chi connectivity index (χ0) is 18.3. The summed E-state index contributed by atoms with van der Waals surface area (Å²) in [5.41, 5.74) is -0.311. The monoisotopic (exact) mass is 421 g/mol. The Bertz CT molecular complexity index is 272. The molecule has 0 saturated carbocycles. The van der Waals surface area contributed by atoms with Crippen molar-refractivity contribution in [2.24, 2.45) is 3.34 Å². The van der Waals surface area contributed by atoms with Crippen LogP contribution in [0, 0.1) is 7.43 Å². The van der Waals surface area contributed by atoms with Crippen LogP contribution >= 0.6 is 0 Å². The summed E-state index contributed by atoms with van der Waals surface area (Å²) in [6, 6.07) is 0. The van der Waals surface area contributed by atoms with Crippen molar-refractivity contribution in [1.29, 1.82) is 0 Å². The van der Waals surface area contributed by atoms with Crippen LogP contribution in [0.4, 0.5) is 26.3 Å². The maximum atomic E-state index is 11.0. The van der Waals surface area contributed by atoms with E-state index in [0.29, 0.717) is 0 Å². The summed E-state index contributed by atoms with van der Waals surface area (Å²) < 4.78 is 69.9. The van der Waals surface area contributed by atoms with Gasteiger partial charge in [-0.2, -0.15) is 26.3 Å². The number of alkyl halides is 6. The normalized spacial score (nSPS) is 12.3. The molecule has 0 heterocycles. The van der Waals surface area contributed by atoms with Crippen molar-refractivity contribution in [3.63, 3.8) is 0 Å².